The van der Waals surface area contributed by atoms with E-state index in [-0.39, 0.29) is 106 Å². The molecule has 0 spiro atoms. The number of phenols is 1. The summed E-state index contributed by atoms with van der Waals surface area (Å²) in [7, 11) is -0.446. The zero-order chi connectivity index (χ0) is 62.6. The molecule has 0 atom stereocenters. The Morgan fingerprint density at radius 1 is 0.495 bits per heavy atom. The van der Waals surface area contributed by atoms with Crippen LogP contribution in [0.2, 0.25) is 0 Å². The van der Waals surface area contributed by atoms with Gasteiger partial charge >= 0.3 is 12.2 Å². The summed E-state index contributed by atoms with van der Waals surface area (Å²) in [6, 6.07) is 47.8. The fourth-order valence-electron chi connectivity index (χ4n) is 9.68. The summed E-state index contributed by atoms with van der Waals surface area (Å²) >= 11 is 0. The second-order valence-electron chi connectivity index (χ2n) is 23.4. The standard InChI is InChI=1S/C18H24N2O5.C18H15P.C13H16N2O3.C10H19NO3.C8H7NO3.CH4.2ClH/c1-18(2,3)25-17(22)20-8-6-12(7-9-20)24-13-4-5-15-14(10-13)19-16(21)11-23-15;1-4-10-16(11-5-1)19(17-12-6-2-7-13-17)18-14-8-3-9-15-18;16-13-8-17-12-2-1-10(7-11(12)15-13)18-9-3-5-14-6-4-9;1-10(2,3)14-9(13)11-6-4-8(12)5-7-11;10-5-1-2-7-6(3-5)9-8(11)4-12-7;;;/h4-5,10,12H,6-9,11H2,1-3H3,(H,19,21);1-15H;1-2,7,9,14H,3-6,8H2,(H,15,16);8,12H,4-7H2,1-3H3;1-3,10H,4H2,(H,9,11);1H4;2*1H. The van der Waals surface area contributed by atoms with Crippen molar-refractivity contribution in [3.8, 4) is 34.5 Å². The molecule has 91 heavy (non-hydrogen) atoms. The van der Waals surface area contributed by atoms with Crippen molar-refractivity contribution in [2.45, 2.75) is 117 Å². The first kappa shape index (κ1) is 73.7. The van der Waals surface area contributed by atoms with E-state index in [1.54, 1.807) is 28.0 Å². The monoisotopic (exact) mass is 1310 g/mol. The molecule has 6 aromatic carbocycles. The van der Waals surface area contributed by atoms with Crippen LogP contribution in [0, 0.1) is 0 Å². The van der Waals surface area contributed by atoms with Crippen LogP contribution in [0.25, 0.3) is 0 Å². The molecule has 0 aliphatic carbocycles. The minimum atomic E-state index is -0.486. The number of hydrogen-bond donors (Lipinski definition) is 6. The number of carbonyl (C=O) groups excluding carboxylic acids is 5. The Kier molecular flexibility index (Phi) is 28.8. The van der Waals surface area contributed by atoms with Gasteiger partial charge in [-0.25, -0.2) is 9.59 Å². The number of rotatable bonds is 7. The van der Waals surface area contributed by atoms with E-state index in [0.717, 1.165) is 44.5 Å². The van der Waals surface area contributed by atoms with Crippen LogP contribution >= 0.6 is 32.7 Å². The van der Waals surface area contributed by atoms with E-state index in [0.29, 0.717) is 79.1 Å². The maximum atomic E-state index is 12.1. The average molecular weight is 1310 g/mol. The second-order valence-corrected chi connectivity index (χ2v) is 25.6. The van der Waals surface area contributed by atoms with E-state index in [9.17, 15) is 29.1 Å². The summed E-state index contributed by atoms with van der Waals surface area (Å²) in [5.41, 5.74) is 0.914. The molecule has 6 heterocycles. The van der Waals surface area contributed by atoms with Gasteiger partial charge in [-0.15, -0.1) is 24.8 Å². The molecule has 6 aliphatic rings. The third-order valence-corrected chi connectivity index (χ3v) is 16.4. The highest BCUT2D eigenvalue weighted by Gasteiger charge is 2.29. The van der Waals surface area contributed by atoms with E-state index in [4.69, 9.17) is 38.3 Å². The number of halogens is 2. The molecule has 0 bridgehead atoms. The lowest BCUT2D eigenvalue weighted by Crippen LogP contribution is -2.44. The predicted octanol–water partition coefficient (Wildman–Crippen LogP) is 11.0. The van der Waals surface area contributed by atoms with E-state index in [1.807, 2.05) is 65.8 Å². The number of nitrogens with one attached hydrogen (secondary N) is 4. The molecule has 0 unspecified atom stereocenters. The first-order valence-corrected chi connectivity index (χ1v) is 31.1. The topological polar surface area (TPSA) is 245 Å². The van der Waals surface area contributed by atoms with E-state index in [2.05, 4.69) is 112 Å². The smallest absolute Gasteiger partial charge is 0.410 e. The molecule has 12 rings (SSSR count). The number of benzene rings is 6. The Hall–Kier alpha value is -8.00. The lowest BCUT2D eigenvalue weighted by molar-refractivity contribution is -0.119. The molecule has 3 fully saturated rings. The number of nitrogens with zero attached hydrogens (tertiary/aromatic N) is 2. The number of likely N-dealkylation sites (tertiary alicyclic amines) is 2. The summed E-state index contributed by atoms with van der Waals surface area (Å²) in [6.45, 7) is 15.7. The van der Waals surface area contributed by atoms with Gasteiger partial charge < -0.3 is 74.4 Å². The summed E-state index contributed by atoms with van der Waals surface area (Å²) < 4.78 is 38.2. The zero-order valence-corrected chi connectivity index (χ0v) is 54.2. The highest BCUT2D eigenvalue weighted by Crippen LogP contribution is 2.36. The third kappa shape index (κ3) is 24.0. The Labute approximate surface area is 547 Å². The van der Waals surface area contributed by atoms with Crippen molar-refractivity contribution in [1.29, 1.82) is 0 Å². The van der Waals surface area contributed by atoms with Crippen LogP contribution in [-0.2, 0) is 23.9 Å². The molecule has 492 valence electrons. The summed E-state index contributed by atoms with van der Waals surface area (Å²) in [4.78, 5) is 60.4. The van der Waals surface area contributed by atoms with Crippen molar-refractivity contribution in [1.82, 2.24) is 15.1 Å². The van der Waals surface area contributed by atoms with Crippen LogP contribution in [0.15, 0.2) is 146 Å². The van der Waals surface area contributed by atoms with Gasteiger partial charge in [0.1, 0.15) is 57.9 Å². The van der Waals surface area contributed by atoms with Crippen molar-refractivity contribution in [3.05, 3.63) is 146 Å². The molecule has 6 N–H and O–H groups in total. The fraction of sp³-hybridized carbons (Fsp3) is 0.397. The van der Waals surface area contributed by atoms with Gasteiger partial charge in [-0.05, 0) is 141 Å². The fourth-order valence-corrected chi connectivity index (χ4v) is 12.0. The molecule has 6 aliphatic heterocycles. The predicted molar refractivity (Wildman–Crippen MR) is 361 cm³/mol. The Morgan fingerprint density at radius 2 is 0.835 bits per heavy atom. The molecular weight excluding hydrogens is 1230 g/mol. The minimum absolute atomic E-state index is 0. The number of fused-ring (bicyclic) bond motifs is 3. The van der Waals surface area contributed by atoms with Gasteiger partial charge in [0.25, 0.3) is 17.7 Å². The number of phenolic OH excluding ortho intramolecular Hbond substituents is 1. The van der Waals surface area contributed by atoms with Crippen LogP contribution in [0.1, 0.15) is 87.5 Å². The number of anilines is 3. The van der Waals surface area contributed by atoms with E-state index in [1.165, 1.54) is 28.0 Å². The van der Waals surface area contributed by atoms with Gasteiger partial charge in [0, 0.05) is 57.2 Å². The summed E-state index contributed by atoms with van der Waals surface area (Å²) in [5.74, 6) is 3.02. The number of aliphatic hydroxyl groups excluding tert-OH is 1. The summed E-state index contributed by atoms with van der Waals surface area (Å²) in [6.07, 6.45) is 4.27. The lowest BCUT2D eigenvalue weighted by Gasteiger charge is -2.33. The van der Waals surface area contributed by atoms with Crippen LogP contribution in [0.5, 0.6) is 34.5 Å². The second kappa shape index (κ2) is 35.6. The number of ether oxygens (including phenoxy) is 7. The van der Waals surface area contributed by atoms with Gasteiger partial charge in [-0.3, -0.25) is 14.4 Å². The quantitative estimate of drug-likeness (QED) is 0.0814. The molecule has 23 heteroatoms. The Bertz CT molecular complexity index is 3170. The first-order valence-electron chi connectivity index (χ1n) is 29.7. The maximum absolute atomic E-state index is 12.1. The van der Waals surface area contributed by atoms with E-state index < -0.39 is 19.1 Å². The minimum Gasteiger partial charge on any atom is -0.508 e. The number of aromatic hydroxyl groups is 1. The highest BCUT2D eigenvalue weighted by atomic mass is 35.5. The van der Waals surface area contributed by atoms with Crippen molar-refractivity contribution in [2.24, 2.45) is 0 Å². The lowest BCUT2D eigenvalue weighted by atomic mass is 10.1. The SMILES string of the molecule is C.CC(C)(C)OC(=O)N1CCC(O)CC1.CC(C)(C)OC(=O)N1CCC(Oc2ccc3c(c2)NC(=O)CO3)CC1.Cl.Cl.O=C1COc2ccc(O)cc2N1.O=C1COc2ccc(OC3CCNCC3)cc2N1.c1ccc(P(c2ccccc2)c2ccccc2)cc1. The number of carbonyl (C=O) groups is 5. The number of piperidine rings is 3. The van der Waals surface area contributed by atoms with Crippen molar-refractivity contribution < 1.29 is 67.3 Å². The molecule has 0 radical (unpaired) electrons. The van der Waals surface area contributed by atoms with Crippen LogP contribution in [0.3, 0.4) is 0 Å². The largest absolute Gasteiger partial charge is 0.508 e. The molecule has 0 aromatic heterocycles. The van der Waals surface area contributed by atoms with Crippen molar-refractivity contribution in [3.63, 3.8) is 0 Å². The Morgan fingerprint density at radius 3 is 1.21 bits per heavy atom. The maximum Gasteiger partial charge on any atom is 0.410 e. The molecule has 3 saturated heterocycles. The zero-order valence-electron chi connectivity index (χ0n) is 51.6. The van der Waals surface area contributed by atoms with Crippen molar-refractivity contribution >= 4 is 95.6 Å². The molecule has 5 amide bonds. The molecule has 0 saturated carbocycles. The number of hydrogen-bond acceptors (Lipinski definition) is 15. The van der Waals surface area contributed by atoms with Gasteiger partial charge in [0.05, 0.1) is 23.2 Å². The first-order chi connectivity index (χ1) is 42.2. The number of amides is 5. The molecule has 6 aromatic rings. The van der Waals surface area contributed by atoms with Gasteiger partial charge in [0.15, 0.2) is 19.8 Å². The van der Waals surface area contributed by atoms with Gasteiger partial charge in [-0.2, -0.15) is 0 Å². The van der Waals surface area contributed by atoms with E-state index >= 15 is 0 Å². The van der Waals surface area contributed by atoms with Crippen LogP contribution < -0.4 is 60.9 Å². The highest BCUT2D eigenvalue weighted by molar-refractivity contribution is 7.79. The summed E-state index contributed by atoms with van der Waals surface area (Å²) in [5, 5.41) is 33.9. The van der Waals surface area contributed by atoms with Crippen LogP contribution in [0.4, 0.5) is 26.7 Å². The van der Waals surface area contributed by atoms with Crippen LogP contribution in [-0.4, -0.2) is 139 Å². The molecular formula is C68H87Cl2N6O14P. The number of aliphatic hydroxyl groups is 1. The van der Waals surface area contributed by atoms with Gasteiger partial charge in [-0.1, -0.05) is 98.4 Å². The average Bonchev–Trinajstić information content (AvgIpc) is 3.41. The van der Waals surface area contributed by atoms with Gasteiger partial charge in [0.2, 0.25) is 0 Å². The molecule has 20 nitrogen and oxygen atoms in total. The Balaban J connectivity index is 0.000000209. The van der Waals surface area contributed by atoms with Crippen molar-refractivity contribution in [2.75, 3.05) is 75.0 Å². The normalized spacial score (nSPS) is 16.0. The third-order valence-electron chi connectivity index (χ3n) is 13.9.